The third kappa shape index (κ3) is 4.56. The monoisotopic (exact) mass is 438 g/mol. The number of ether oxygens (including phenoxy) is 1. The minimum atomic E-state index is -0.951. The van der Waals surface area contributed by atoms with E-state index in [-0.39, 0.29) is 12.5 Å². The zero-order chi connectivity index (χ0) is 23.3. The number of rotatable bonds is 8. The quantitative estimate of drug-likeness (QED) is 0.548. The first-order valence-corrected chi connectivity index (χ1v) is 10.3. The van der Waals surface area contributed by atoms with Crippen molar-refractivity contribution in [1.82, 2.24) is 10.2 Å². The van der Waals surface area contributed by atoms with Gasteiger partial charge in [0.05, 0.1) is 12.8 Å². The molecule has 0 spiro atoms. The smallest absolute Gasteiger partial charge is 0.325 e. The van der Waals surface area contributed by atoms with Crippen molar-refractivity contribution < 1.29 is 23.9 Å². The summed E-state index contributed by atoms with van der Waals surface area (Å²) in [5, 5.41) is 8.11. The van der Waals surface area contributed by atoms with Crippen LogP contribution in [-0.4, -0.2) is 47.8 Å². The topological polar surface area (TPSA) is 117 Å². The molecule has 0 atom stereocenters. The van der Waals surface area contributed by atoms with Crippen molar-refractivity contribution in [2.45, 2.75) is 32.2 Å². The van der Waals surface area contributed by atoms with Gasteiger partial charge < -0.3 is 20.7 Å². The molecule has 0 unspecified atom stereocenters. The molecule has 2 aromatic carbocycles. The predicted octanol–water partition coefficient (Wildman–Crippen LogP) is 3.00. The summed E-state index contributed by atoms with van der Waals surface area (Å²) in [5.41, 5.74) is 0.418. The fraction of sp³-hybridized carbons (Fsp3) is 0.304. The van der Waals surface area contributed by atoms with Crippen LogP contribution in [0.2, 0.25) is 0 Å². The van der Waals surface area contributed by atoms with Crippen LogP contribution in [0.15, 0.2) is 48.5 Å². The number of nitrogens with zero attached hydrogens (tertiary/aromatic N) is 1. The number of methoxy groups -OCH3 is 1. The maximum Gasteiger partial charge on any atom is 0.325 e. The minimum Gasteiger partial charge on any atom is -0.495 e. The van der Waals surface area contributed by atoms with Crippen LogP contribution < -0.4 is 20.7 Å². The van der Waals surface area contributed by atoms with E-state index in [2.05, 4.69) is 16.0 Å². The number of para-hydroxylation sites is 2. The van der Waals surface area contributed by atoms with Crippen LogP contribution in [0.4, 0.5) is 16.2 Å². The van der Waals surface area contributed by atoms with Gasteiger partial charge in [0.15, 0.2) is 0 Å². The molecule has 9 nitrogen and oxygen atoms in total. The molecule has 32 heavy (non-hydrogen) atoms. The van der Waals surface area contributed by atoms with Gasteiger partial charge in [-0.3, -0.25) is 19.3 Å². The van der Waals surface area contributed by atoms with Crippen LogP contribution in [0.25, 0.3) is 0 Å². The van der Waals surface area contributed by atoms with Crippen LogP contribution in [0.5, 0.6) is 5.75 Å². The first-order chi connectivity index (χ1) is 15.3. The number of hydrogen-bond acceptors (Lipinski definition) is 5. The molecule has 0 radical (unpaired) electrons. The van der Waals surface area contributed by atoms with Crippen molar-refractivity contribution in [3.8, 4) is 5.75 Å². The molecule has 3 rings (SSSR count). The maximum absolute atomic E-state index is 12.6. The van der Waals surface area contributed by atoms with Gasteiger partial charge >= 0.3 is 6.03 Å². The molecule has 1 fully saturated rings. The normalized spacial score (nSPS) is 14.7. The summed E-state index contributed by atoms with van der Waals surface area (Å²) >= 11 is 0. The summed E-state index contributed by atoms with van der Waals surface area (Å²) < 4.78 is 5.22. The Morgan fingerprint density at radius 3 is 2.25 bits per heavy atom. The number of benzene rings is 2. The second-order valence-corrected chi connectivity index (χ2v) is 7.39. The highest BCUT2D eigenvalue weighted by atomic mass is 16.5. The fourth-order valence-corrected chi connectivity index (χ4v) is 3.54. The van der Waals surface area contributed by atoms with E-state index >= 15 is 0 Å². The van der Waals surface area contributed by atoms with E-state index in [1.807, 2.05) is 13.8 Å². The second kappa shape index (κ2) is 9.51. The van der Waals surface area contributed by atoms with Gasteiger partial charge in [-0.1, -0.05) is 26.0 Å². The van der Waals surface area contributed by atoms with Gasteiger partial charge in [-0.15, -0.1) is 0 Å². The van der Waals surface area contributed by atoms with Crippen molar-refractivity contribution >= 4 is 35.1 Å². The summed E-state index contributed by atoms with van der Waals surface area (Å²) in [5.74, 6) is -0.698. The van der Waals surface area contributed by atoms with E-state index < -0.39 is 23.4 Å². The molecule has 0 aliphatic carbocycles. The van der Waals surface area contributed by atoms with E-state index in [4.69, 9.17) is 4.74 Å². The maximum atomic E-state index is 12.6. The lowest BCUT2D eigenvalue weighted by atomic mass is 9.93. The number of nitrogens with one attached hydrogen (secondary N) is 3. The molecular weight excluding hydrogens is 412 g/mol. The average molecular weight is 438 g/mol. The lowest BCUT2D eigenvalue weighted by molar-refractivity contribution is -0.134. The van der Waals surface area contributed by atoms with Crippen LogP contribution in [0.1, 0.15) is 37.0 Å². The Kier molecular flexibility index (Phi) is 6.77. The van der Waals surface area contributed by atoms with Crippen molar-refractivity contribution in [3.05, 3.63) is 54.1 Å². The number of carbonyl (C=O) groups excluding carboxylic acids is 4. The van der Waals surface area contributed by atoms with Crippen LogP contribution in [0, 0.1) is 0 Å². The highest BCUT2D eigenvalue weighted by Crippen LogP contribution is 2.25. The minimum absolute atomic E-state index is 0.331. The molecule has 1 saturated heterocycles. The number of carbonyl (C=O) groups is 4. The van der Waals surface area contributed by atoms with Gasteiger partial charge in [-0.2, -0.15) is 0 Å². The average Bonchev–Trinajstić information content (AvgIpc) is 3.04. The SMILES string of the molecule is CCC1(CC)NC(=O)N(CC(=O)Nc2ccc(C(=O)Nc3ccccc3OC)cc2)C1=O. The van der Waals surface area contributed by atoms with Crippen molar-refractivity contribution in [2.75, 3.05) is 24.3 Å². The standard InChI is InChI=1S/C23H26N4O5/c1-4-23(5-2)21(30)27(22(31)26-23)14-19(28)24-16-12-10-15(11-13-16)20(29)25-17-8-6-7-9-18(17)32-3/h6-13H,4-5,14H2,1-3H3,(H,24,28)(H,25,29)(H,26,31). The molecule has 1 heterocycles. The van der Waals surface area contributed by atoms with Gasteiger partial charge in [0.25, 0.3) is 11.8 Å². The molecule has 5 amide bonds. The number of amides is 5. The Labute approximate surface area is 186 Å². The van der Waals surface area contributed by atoms with Gasteiger partial charge in [0.2, 0.25) is 5.91 Å². The molecule has 0 bridgehead atoms. The summed E-state index contributed by atoms with van der Waals surface area (Å²) in [6, 6.07) is 12.8. The van der Waals surface area contributed by atoms with Crippen LogP contribution in [-0.2, 0) is 9.59 Å². The van der Waals surface area contributed by atoms with E-state index in [9.17, 15) is 19.2 Å². The summed E-state index contributed by atoms with van der Waals surface area (Å²) in [6.07, 6.45) is 0.898. The third-order valence-electron chi connectivity index (χ3n) is 5.54. The van der Waals surface area contributed by atoms with Crippen molar-refractivity contribution in [2.24, 2.45) is 0 Å². The van der Waals surface area contributed by atoms with Gasteiger partial charge in [0.1, 0.15) is 17.8 Å². The van der Waals surface area contributed by atoms with Gasteiger partial charge in [-0.05, 0) is 49.2 Å². The molecule has 1 aliphatic rings. The van der Waals surface area contributed by atoms with E-state index in [0.29, 0.717) is 35.5 Å². The van der Waals surface area contributed by atoms with Crippen molar-refractivity contribution in [1.29, 1.82) is 0 Å². The van der Waals surface area contributed by atoms with Gasteiger partial charge in [-0.25, -0.2) is 4.79 Å². The second-order valence-electron chi connectivity index (χ2n) is 7.39. The number of imide groups is 1. The Balaban J connectivity index is 1.61. The Morgan fingerprint density at radius 2 is 1.66 bits per heavy atom. The molecule has 1 aliphatic heterocycles. The van der Waals surface area contributed by atoms with Gasteiger partial charge in [0, 0.05) is 11.3 Å². The number of urea groups is 1. The summed E-state index contributed by atoms with van der Waals surface area (Å²) in [7, 11) is 1.52. The number of anilines is 2. The molecule has 168 valence electrons. The lowest BCUT2D eigenvalue weighted by Crippen LogP contribution is -2.46. The Hall–Kier alpha value is -3.88. The molecular formula is C23H26N4O5. The van der Waals surface area contributed by atoms with E-state index in [0.717, 1.165) is 4.90 Å². The van der Waals surface area contributed by atoms with Crippen molar-refractivity contribution in [3.63, 3.8) is 0 Å². The molecule has 0 aromatic heterocycles. The highest BCUT2D eigenvalue weighted by Gasteiger charge is 2.49. The fourth-order valence-electron chi connectivity index (χ4n) is 3.54. The summed E-state index contributed by atoms with van der Waals surface area (Å²) in [6.45, 7) is 3.25. The zero-order valence-corrected chi connectivity index (χ0v) is 18.2. The molecule has 0 saturated carbocycles. The van der Waals surface area contributed by atoms with Crippen LogP contribution in [0.3, 0.4) is 0 Å². The van der Waals surface area contributed by atoms with Crippen LogP contribution >= 0.6 is 0 Å². The lowest BCUT2D eigenvalue weighted by Gasteiger charge is -2.23. The third-order valence-corrected chi connectivity index (χ3v) is 5.54. The molecule has 3 N–H and O–H groups in total. The Morgan fingerprint density at radius 1 is 1.00 bits per heavy atom. The first-order valence-electron chi connectivity index (χ1n) is 10.3. The summed E-state index contributed by atoms with van der Waals surface area (Å²) in [4.78, 5) is 50.6. The molecule has 2 aromatic rings. The highest BCUT2D eigenvalue weighted by molar-refractivity contribution is 6.10. The first kappa shape index (κ1) is 22.8. The largest absolute Gasteiger partial charge is 0.495 e. The van der Waals surface area contributed by atoms with E-state index in [1.165, 1.54) is 7.11 Å². The predicted molar refractivity (Wildman–Crippen MR) is 120 cm³/mol. The number of hydrogen-bond donors (Lipinski definition) is 3. The zero-order valence-electron chi connectivity index (χ0n) is 18.2. The molecule has 9 heteroatoms. The Bertz CT molecular complexity index is 1030. The van der Waals surface area contributed by atoms with E-state index in [1.54, 1.807) is 48.5 Å².